The normalized spacial score (nSPS) is 17.1. The van der Waals surface area contributed by atoms with Gasteiger partial charge in [0.25, 0.3) is 0 Å². The number of aromatic nitrogens is 1. The standard InChI is InChI=1S/C25H28F3N5O/c26-25(27,28)8-10-31-11-13-32(14-12-31)20-6-5-19-17-33(9-7-18(19)15-20)24(34)30-23-16-29-22-4-2-1-3-21(22)23/h1-6,15-16,29H,7-14,17H2,(H,30,34). The summed E-state index contributed by atoms with van der Waals surface area (Å²) in [5, 5.41) is 4.01. The van der Waals surface area contributed by atoms with Gasteiger partial charge in [-0.1, -0.05) is 24.3 Å². The lowest BCUT2D eigenvalue weighted by atomic mass is 9.98. The highest BCUT2D eigenvalue weighted by molar-refractivity contribution is 6.01. The lowest BCUT2D eigenvalue weighted by Gasteiger charge is -2.37. The molecule has 1 saturated heterocycles. The van der Waals surface area contributed by atoms with Crippen LogP contribution in [0.5, 0.6) is 0 Å². The molecule has 2 aromatic carbocycles. The molecule has 6 nitrogen and oxygen atoms in total. The van der Waals surface area contributed by atoms with E-state index < -0.39 is 12.6 Å². The van der Waals surface area contributed by atoms with Crippen molar-refractivity contribution in [3.8, 4) is 0 Å². The topological polar surface area (TPSA) is 54.6 Å². The van der Waals surface area contributed by atoms with Gasteiger partial charge in [-0.2, -0.15) is 13.2 Å². The quantitative estimate of drug-likeness (QED) is 0.573. The Labute approximate surface area is 196 Å². The van der Waals surface area contributed by atoms with E-state index in [-0.39, 0.29) is 12.6 Å². The average molecular weight is 472 g/mol. The minimum absolute atomic E-state index is 0.0674. The van der Waals surface area contributed by atoms with Gasteiger partial charge in [0.2, 0.25) is 0 Å². The summed E-state index contributed by atoms with van der Waals surface area (Å²) < 4.78 is 37.4. The first-order chi connectivity index (χ1) is 16.4. The molecule has 2 N–H and O–H groups in total. The van der Waals surface area contributed by atoms with Crippen LogP contribution in [-0.4, -0.2) is 66.3 Å². The summed E-state index contributed by atoms with van der Waals surface area (Å²) in [6, 6.07) is 14.0. The first-order valence-corrected chi connectivity index (χ1v) is 11.6. The molecule has 0 spiro atoms. The Bertz CT molecular complexity index is 1170. The van der Waals surface area contributed by atoms with Crippen molar-refractivity contribution in [1.29, 1.82) is 0 Å². The molecule has 0 atom stereocenters. The third-order valence-electron chi connectivity index (χ3n) is 6.77. The number of urea groups is 1. The minimum atomic E-state index is -4.10. The van der Waals surface area contributed by atoms with Gasteiger partial charge >= 0.3 is 12.2 Å². The van der Waals surface area contributed by atoms with Crippen LogP contribution in [0.4, 0.5) is 29.3 Å². The van der Waals surface area contributed by atoms with Crippen molar-refractivity contribution in [2.75, 3.05) is 49.5 Å². The molecule has 0 saturated carbocycles. The molecular formula is C25H28F3N5O. The molecule has 2 aliphatic rings. The highest BCUT2D eigenvalue weighted by atomic mass is 19.4. The van der Waals surface area contributed by atoms with E-state index in [9.17, 15) is 18.0 Å². The van der Waals surface area contributed by atoms with Gasteiger partial charge in [-0.15, -0.1) is 0 Å². The van der Waals surface area contributed by atoms with Gasteiger partial charge in [0.15, 0.2) is 0 Å². The zero-order valence-corrected chi connectivity index (χ0v) is 18.9. The molecule has 0 radical (unpaired) electrons. The lowest BCUT2D eigenvalue weighted by molar-refractivity contribution is -0.138. The highest BCUT2D eigenvalue weighted by Crippen LogP contribution is 2.28. The summed E-state index contributed by atoms with van der Waals surface area (Å²) in [6.07, 6.45) is -2.27. The monoisotopic (exact) mass is 471 g/mol. The van der Waals surface area contributed by atoms with Gasteiger partial charge < -0.3 is 20.1 Å². The van der Waals surface area contributed by atoms with Gasteiger partial charge in [0.05, 0.1) is 12.1 Å². The number of alkyl halides is 3. The molecule has 5 rings (SSSR count). The molecule has 2 aliphatic heterocycles. The molecule has 9 heteroatoms. The number of para-hydroxylation sites is 1. The number of halogens is 3. The number of benzene rings is 2. The Balaban J connectivity index is 1.18. The number of nitrogens with one attached hydrogen (secondary N) is 2. The fourth-order valence-corrected chi connectivity index (χ4v) is 4.79. The summed E-state index contributed by atoms with van der Waals surface area (Å²) in [5.74, 6) is 0. The van der Waals surface area contributed by atoms with Crippen molar-refractivity contribution in [3.05, 3.63) is 59.8 Å². The summed E-state index contributed by atoms with van der Waals surface area (Å²) in [6.45, 7) is 3.96. The molecule has 1 aromatic heterocycles. The number of nitrogens with zero attached hydrogens (tertiary/aromatic N) is 3. The third kappa shape index (κ3) is 4.99. The number of anilines is 2. The molecule has 0 aliphatic carbocycles. The van der Waals surface area contributed by atoms with E-state index >= 15 is 0 Å². The average Bonchev–Trinajstić information content (AvgIpc) is 3.24. The molecule has 3 heterocycles. The maximum Gasteiger partial charge on any atom is 0.390 e. The highest BCUT2D eigenvalue weighted by Gasteiger charge is 2.29. The minimum Gasteiger partial charge on any atom is -0.369 e. The summed E-state index contributed by atoms with van der Waals surface area (Å²) >= 11 is 0. The van der Waals surface area contributed by atoms with E-state index in [2.05, 4.69) is 33.4 Å². The molecule has 3 aromatic rings. The van der Waals surface area contributed by atoms with Crippen molar-refractivity contribution < 1.29 is 18.0 Å². The molecule has 1 fully saturated rings. The van der Waals surface area contributed by atoms with Crippen molar-refractivity contribution in [2.45, 2.75) is 25.6 Å². The number of rotatable bonds is 4. The molecular weight excluding hydrogens is 443 g/mol. The molecule has 0 unspecified atom stereocenters. The van der Waals surface area contributed by atoms with Crippen molar-refractivity contribution in [3.63, 3.8) is 0 Å². The van der Waals surface area contributed by atoms with Crippen molar-refractivity contribution in [1.82, 2.24) is 14.8 Å². The number of carbonyl (C=O) groups is 1. The molecule has 2 amide bonds. The van der Waals surface area contributed by atoms with E-state index in [0.29, 0.717) is 26.2 Å². The Morgan fingerprint density at radius 2 is 1.79 bits per heavy atom. The predicted octanol–water partition coefficient (Wildman–Crippen LogP) is 4.83. The van der Waals surface area contributed by atoms with Crippen molar-refractivity contribution >= 4 is 28.3 Å². The number of hydrogen-bond acceptors (Lipinski definition) is 3. The first kappa shape index (κ1) is 22.6. The second-order valence-corrected chi connectivity index (χ2v) is 9.00. The van der Waals surface area contributed by atoms with Crippen LogP contribution in [-0.2, 0) is 13.0 Å². The van der Waals surface area contributed by atoms with Crippen LogP contribution in [0.25, 0.3) is 10.9 Å². The SMILES string of the molecule is O=C(Nc1c[nH]c2ccccc12)N1CCc2cc(N3CCN(CCC(F)(F)F)CC3)ccc2C1. The fourth-order valence-electron chi connectivity index (χ4n) is 4.79. The predicted molar refractivity (Wildman–Crippen MR) is 127 cm³/mol. The van der Waals surface area contributed by atoms with Gasteiger partial charge in [-0.3, -0.25) is 4.90 Å². The lowest BCUT2D eigenvalue weighted by Crippen LogP contribution is -2.47. The van der Waals surface area contributed by atoms with Gasteiger partial charge in [-0.05, 0) is 35.7 Å². The van der Waals surface area contributed by atoms with Crippen molar-refractivity contribution in [2.24, 2.45) is 0 Å². The number of carbonyl (C=O) groups excluding carboxylic acids is 1. The second-order valence-electron chi connectivity index (χ2n) is 9.00. The van der Waals surface area contributed by atoms with Crippen LogP contribution >= 0.6 is 0 Å². The Morgan fingerprint density at radius 3 is 2.59 bits per heavy atom. The third-order valence-corrected chi connectivity index (χ3v) is 6.77. The summed E-state index contributed by atoms with van der Waals surface area (Å²) in [7, 11) is 0. The summed E-state index contributed by atoms with van der Waals surface area (Å²) in [4.78, 5) is 22.0. The van der Waals surface area contributed by atoms with Crippen LogP contribution < -0.4 is 10.2 Å². The first-order valence-electron chi connectivity index (χ1n) is 11.6. The van der Waals surface area contributed by atoms with E-state index in [0.717, 1.165) is 47.4 Å². The van der Waals surface area contributed by atoms with Crippen LogP contribution in [0.15, 0.2) is 48.7 Å². The second kappa shape index (κ2) is 9.21. The van der Waals surface area contributed by atoms with E-state index in [1.54, 1.807) is 0 Å². The maximum absolute atomic E-state index is 12.9. The number of H-pyrrole nitrogens is 1. The van der Waals surface area contributed by atoms with Crippen LogP contribution in [0.1, 0.15) is 17.5 Å². The number of fused-ring (bicyclic) bond motifs is 2. The van der Waals surface area contributed by atoms with E-state index in [1.807, 2.05) is 40.3 Å². The number of aromatic amines is 1. The van der Waals surface area contributed by atoms with Crippen LogP contribution in [0.2, 0.25) is 0 Å². The smallest absolute Gasteiger partial charge is 0.369 e. The fraction of sp³-hybridized carbons (Fsp3) is 0.400. The number of amides is 2. The van der Waals surface area contributed by atoms with Gasteiger partial charge in [0, 0.05) is 68.6 Å². The molecule has 180 valence electrons. The molecule has 0 bridgehead atoms. The Morgan fingerprint density at radius 1 is 1.00 bits per heavy atom. The van der Waals surface area contributed by atoms with Gasteiger partial charge in [0.1, 0.15) is 0 Å². The Kier molecular flexibility index (Phi) is 6.12. The van der Waals surface area contributed by atoms with E-state index in [4.69, 9.17) is 0 Å². The molecule has 34 heavy (non-hydrogen) atoms. The zero-order chi connectivity index (χ0) is 23.7. The largest absolute Gasteiger partial charge is 0.390 e. The maximum atomic E-state index is 12.9. The van der Waals surface area contributed by atoms with E-state index in [1.165, 1.54) is 5.56 Å². The van der Waals surface area contributed by atoms with Gasteiger partial charge in [-0.25, -0.2) is 4.79 Å². The van der Waals surface area contributed by atoms with Crippen LogP contribution in [0, 0.1) is 0 Å². The summed E-state index contributed by atoms with van der Waals surface area (Å²) in [5.41, 5.74) is 5.22. The zero-order valence-electron chi connectivity index (χ0n) is 18.9. The number of piperazine rings is 1. The Hall–Kier alpha value is -3.20. The number of hydrogen-bond donors (Lipinski definition) is 2. The van der Waals surface area contributed by atoms with Crippen LogP contribution in [0.3, 0.4) is 0 Å².